The van der Waals surface area contributed by atoms with Crippen molar-refractivity contribution in [3.8, 4) is 22.6 Å². The lowest BCUT2D eigenvalue weighted by Crippen LogP contribution is -2.22. The lowest BCUT2D eigenvalue weighted by atomic mass is 9.82. The maximum Gasteiger partial charge on any atom is 0.336 e. The fraction of sp³-hybridized carbons (Fsp3) is 0.154. The molecule has 0 saturated carbocycles. The highest BCUT2D eigenvalue weighted by atomic mass is 16.5. The predicted molar refractivity (Wildman–Crippen MR) is 118 cm³/mol. The van der Waals surface area contributed by atoms with Gasteiger partial charge >= 0.3 is 11.6 Å². The van der Waals surface area contributed by atoms with E-state index >= 15 is 0 Å². The van der Waals surface area contributed by atoms with Crippen LogP contribution in [0.4, 0.5) is 0 Å². The Labute approximate surface area is 178 Å². The largest absolute Gasteiger partial charge is 0.497 e. The van der Waals surface area contributed by atoms with E-state index in [2.05, 4.69) is 0 Å². The summed E-state index contributed by atoms with van der Waals surface area (Å²) in [5.41, 5.74) is 4.35. The van der Waals surface area contributed by atoms with Gasteiger partial charge in [-0.2, -0.15) is 0 Å². The molecule has 0 aliphatic carbocycles. The van der Waals surface area contributed by atoms with Crippen LogP contribution in [0.3, 0.4) is 0 Å². The van der Waals surface area contributed by atoms with Crippen molar-refractivity contribution in [3.63, 3.8) is 0 Å². The summed E-state index contributed by atoms with van der Waals surface area (Å²) in [4.78, 5) is 24.9. The summed E-state index contributed by atoms with van der Waals surface area (Å²) in [6, 6.07) is 20.6. The molecule has 2 heterocycles. The summed E-state index contributed by atoms with van der Waals surface area (Å²) >= 11 is 0. The first-order valence-electron chi connectivity index (χ1n) is 10.1. The maximum absolute atomic E-state index is 12.7. The van der Waals surface area contributed by atoms with E-state index in [0.29, 0.717) is 22.3 Å². The van der Waals surface area contributed by atoms with Crippen LogP contribution in [0.25, 0.3) is 22.1 Å². The molecular weight excluding hydrogens is 392 g/mol. The van der Waals surface area contributed by atoms with Gasteiger partial charge in [0.1, 0.15) is 17.1 Å². The summed E-state index contributed by atoms with van der Waals surface area (Å²) < 4.78 is 16.6. The number of hydrogen-bond acceptors (Lipinski definition) is 5. The van der Waals surface area contributed by atoms with Crippen molar-refractivity contribution in [2.45, 2.75) is 19.3 Å². The lowest BCUT2D eigenvalue weighted by Gasteiger charge is -2.28. The molecule has 31 heavy (non-hydrogen) atoms. The topological polar surface area (TPSA) is 65.7 Å². The van der Waals surface area contributed by atoms with E-state index in [-0.39, 0.29) is 18.3 Å². The van der Waals surface area contributed by atoms with Crippen molar-refractivity contribution in [1.29, 1.82) is 0 Å². The van der Waals surface area contributed by atoms with E-state index in [0.717, 1.165) is 28.0 Å². The number of methoxy groups -OCH3 is 1. The summed E-state index contributed by atoms with van der Waals surface area (Å²) in [6.07, 6.45) is 0.239. The molecule has 0 spiro atoms. The first-order chi connectivity index (χ1) is 15.0. The molecular formula is C26H20O5. The van der Waals surface area contributed by atoms with E-state index < -0.39 is 5.63 Å². The number of carbonyl (C=O) groups is 1. The van der Waals surface area contributed by atoms with Crippen molar-refractivity contribution in [1.82, 2.24) is 0 Å². The van der Waals surface area contributed by atoms with Crippen molar-refractivity contribution < 1.29 is 18.7 Å². The lowest BCUT2D eigenvalue weighted by molar-refractivity contribution is -0.135. The minimum Gasteiger partial charge on any atom is -0.497 e. The Morgan fingerprint density at radius 3 is 2.42 bits per heavy atom. The zero-order valence-electron chi connectivity index (χ0n) is 17.2. The molecule has 1 aromatic heterocycles. The van der Waals surface area contributed by atoms with E-state index in [1.165, 1.54) is 6.07 Å². The molecule has 1 aliphatic rings. The summed E-state index contributed by atoms with van der Waals surface area (Å²) in [5.74, 6) is 0.743. The van der Waals surface area contributed by atoms with Gasteiger partial charge in [-0.3, -0.25) is 4.79 Å². The van der Waals surface area contributed by atoms with Crippen LogP contribution in [-0.4, -0.2) is 13.1 Å². The van der Waals surface area contributed by atoms with E-state index in [4.69, 9.17) is 13.9 Å². The molecule has 0 saturated heterocycles. The van der Waals surface area contributed by atoms with Crippen LogP contribution in [0.15, 0.2) is 75.9 Å². The van der Waals surface area contributed by atoms with E-state index in [1.807, 2.05) is 67.6 Å². The molecule has 3 aromatic carbocycles. The monoisotopic (exact) mass is 412 g/mol. The maximum atomic E-state index is 12.7. The molecule has 1 aliphatic heterocycles. The SMILES string of the molecule is COc1ccc([C@H]2CC(=O)Oc3c2c(C)cc2oc(=O)cc(-c4ccccc4)c32)cc1. The van der Waals surface area contributed by atoms with Crippen molar-refractivity contribution in [2.75, 3.05) is 7.11 Å². The molecule has 4 aromatic rings. The van der Waals surface area contributed by atoms with Gasteiger partial charge in [-0.15, -0.1) is 0 Å². The molecule has 0 bridgehead atoms. The average Bonchev–Trinajstić information content (AvgIpc) is 2.78. The van der Waals surface area contributed by atoms with Crippen LogP contribution in [0.5, 0.6) is 11.5 Å². The highest BCUT2D eigenvalue weighted by Crippen LogP contribution is 2.47. The van der Waals surface area contributed by atoms with Crippen LogP contribution in [0.1, 0.15) is 29.0 Å². The first-order valence-corrected chi connectivity index (χ1v) is 10.1. The Hall–Kier alpha value is -3.86. The Morgan fingerprint density at radius 2 is 1.71 bits per heavy atom. The Bertz CT molecular complexity index is 1350. The highest BCUT2D eigenvalue weighted by Gasteiger charge is 2.33. The summed E-state index contributed by atoms with van der Waals surface area (Å²) in [7, 11) is 1.62. The molecule has 5 heteroatoms. The number of carbonyl (C=O) groups excluding carboxylic acids is 1. The molecule has 0 radical (unpaired) electrons. The van der Waals surface area contributed by atoms with Crippen molar-refractivity contribution in [2.24, 2.45) is 0 Å². The smallest absolute Gasteiger partial charge is 0.336 e. The third kappa shape index (κ3) is 3.28. The first kappa shape index (κ1) is 19.1. The predicted octanol–water partition coefficient (Wildman–Crippen LogP) is 5.22. The quantitative estimate of drug-likeness (QED) is 0.262. The minimum atomic E-state index is -0.445. The van der Waals surface area contributed by atoms with Crippen molar-refractivity contribution >= 4 is 16.9 Å². The van der Waals surface area contributed by atoms with Gasteiger partial charge in [0.2, 0.25) is 0 Å². The molecule has 0 unspecified atom stereocenters. The third-order valence-electron chi connectivity index (χ3n) is 5.77. The van der Waals surface area contributed by atoms with Crippen molar-refractivity contribution in [3.05, 3.63) is 93.8 Å². The van der Waals surface area contributed by atoms with Crippen LogP contribution >= 0.6 is 0 Å². The van der Waals surface area contributed by atoms with Gasteiger partial charge in [0.25, 0.3) is 0 Å². The zero-order valence-corrected chi connectivity index (χ0v) is 17.2. The van der Waals surface area contributed by atoms with Crippen LogP contribution in [0.2, 0.25) is 0 Å². The van der Waals surface area contributed by atoms with Gasteiger partial charge in [-0.05, 0) is 41.8 Å². The number of benzene rings is 3. The Balaban J connectivity index is 1.81. The van der Waals surface area contributed by atoms with Gasteiger partial charge in [0.15, 0.2) is 0 Å². The number of hydrogen-bond donors (Lipinski definition) is 0. The van der Waals surface area contributed by atoms with Crippen LogP contribution < -0.4 is 15.1 Å². The molecule has 0 amide bonds. The third-order valence-corrected chi connectivity index (χ3v) is 5.77. The molecule has 5 nitrogen and oxygen atoms in total. The molecule has 0 fully saturated rings. The number of ether oxygens (including phenoxy) is 2. The second-order valence-electron chi connectivity index (χ2n) is 7.66. The summed E-state index contributed by atoms with van der Waals surface area (Å²) in [6.45, 7) is 1.95. The van der Waals surface area contributed by atoms with Crippen LogP contribution in [-0.2, 0) is 4.79 Å². The fourth-order valence-corrected chi connectivity index (χ4v) is 4.37. The normalized spacial score (nSPS) is 15.4. The van der Waals surface area contributed by atoms with E-state index in [1.54, 1.807) is 7.11 Å². The molecule has 1 atom stereocenters. The number of aryl methyl sites for hydroxylation is 1. The number of esters is 1. The van der Waals surface area contributed by atoms with Gasteiger partial charge in [0, 0.05) is 23.1 Å². The zero-order chi connectivity index (χ0) is 21.5. The second-order valence-corrected chi connectivity index (χ2v) is 7.66. The molecule has 5 rings (SSSR count). The Kier molecular flexibility index (Phi) is 4.59. The number of rotatable bonds is 3. The molecule has 0 N–H and O–H groups in total. The van der Waals surface area contributed by atoms with Gasteiger partial charge in [-0.25, -0.2) is 4.79 Å². The van der Waals surface area contributed by atoms with E-state index in [9.17, 15) is 9.59 Å². The summed E-state index contributed by atoms with van der Waals surface area (Å²) in [5, 5.41) is 0.637. The van der Waals surface area contributed by atoms with Crippen LogP contribution in [0, 0.1) is 6.92 Å². The minimum absolute atomic E-state index is 0.165. The van der Waals surface area contributed by atoms with Gasteiger partial charge in [-0.1, -0.05) is 42.5 Å². The van der Waals surface area contributed by atoms with Gasteiger partial charge in [0.05, 0.1) is 18.9 Å². The second kappa shape index (κ2) is 7.43. The fourth-order valence-electron chi connectivity index (χ4n) is 4.37. The van der Waals surface area contributed by atoms with Gasteiger partial charge < -0.3 is 13.9 Å². The Morgan fingerprint density at radius 1 is 0.968 bits per heavy atom. The molecule has 154 valence electrons. The number of fused-ring (bicyclic) bond motifs is 3. The average molecular weight is 412 g/mol. The highest BCUT2D eigenvalue weighted by molar-refractivity contribution is 6.01. The standard InChI is InChI=1S/C26H20O5/c1-15-12-21-25(20(14-22(27)30-21)16-6-4-3-5-7-16)26-24(15)19(13-23(28)31-26)17-8-10-18(29-2)11-9-17/h3-12,14,19H,13H2,1-2H3/t19-/m1/s1.